The minimum atomic E-state index is -3.10. The zero-order valence-electron chi connectivity index (χ0n) is 11.5. The average Bonchev–Trinajstić information content (AvgIpc) is 2.49. The number of rotatable bonds is 5. The lowest BCUT2D eigenvalue weighted by molar-refractivity contribution is -0.0515. The summed E-state index contributed by atoms with van der Waals surface area (Å²) in [7, 11) is 1.27. The summed E-state index contributed by atoms with van der Waals surface area (Å²) in [6.07, 6.45) is 0. The lowest BCUT2D eigenvalue weighted by atomic mass is 10.1. The standard InChI is InChI=1S/C15H12F3NO3/c1-21-12-4-2-3-11(13(12)22-15(17)18)14(20)19-10-7-5-9(16)6-8-10/h2-8,15H,1H3,(H,19,20). The van der Waals surface area contributed by atoms with Gasteiger partial charge in [-0.1, -0.05) is 6.07 Å². The molecule has 0 saturated heterocycles. The molecule has 0 bridgehead atoms. The number of hydrogen-bond donors (Lipinski definition) is 1. The van der Waals surface area contributed by atoms with Gasteiger partial charge in [-0.3, -0.25) is 4.79 Å². The van der Waals surface area contributed by atoms with Gasteiger partial charge in [0, 0.05) is 5.69 Å². The quantitative estimate of drug-likeness (QED) is 0.916. The van der Waals surface area contributed by atoms with Crippen LogP contribution < -0.4 is 14.8 Å². The zero-order chi connectivity index (χ0) is 16.1. The van der Waals surface area contributed by atoms with E-state index in [4.69, 9.17) is 4.74 Å². The van der Waals surface area contributed by atoms with Crippen molar-refractivity contribution in [1.29, 1.82) is 0 Å². The Bertz CT molecular complexity index is 660. The molecule has 1 amide bonds. The molecule has 0 saturated carbocycles. The molecule has 2 aromatic carbocycles. The van der Waals surface area contributed by atoms with E-state index in [0.717, 1.165) is 12.1 Å². The third-order valence-corrected chi connectivity index (χ3v) is 2.75. The Balaban J connectivity index is 2.30. The molecule has 0 aliphatic carbocycles. The van der Waals surface area contributed by atoms with Crippen LogP contribution in [-0.2, 0) is 0 Å². The van der Waals surface area contributed by atoms with Crippen LogP contribution in [0, 0.1) is 5.82 Å². The van der Waals surface area contributed by atoms with E-state index >= 15 is 0 Å². The van der Waals surface area contributed by atoms with E-state index < -0.39 is 18.3 Å². The van der Waals surface area contributed by atoms with Crippen molar-refractivity contribution in [3.8, 4) is 11.5 Å². The molecule has 7 heteroatoms. The fourth-order valence-electron chi connectivity index (χ4n) is 1.80. The highest BCUT2D eigenvalue weighted by Crippen LogP contribution is 2.32. The van der Waals surface area contributed by atoms with Crippen LogP contribution in [0.5, 0.6) is 11.5 Å². The number of halogens is 3. The van der Waals surface area contributed by atoms with E-state index in [1.165, 1.54) is 37.4 Å². The summed E-state index contributed by atoms with van der Waals surface area (Å²) in [5.74, 6) is -1.49. The van der Waals surface area contributed by atoms with Crippen molar-refractivity contribution >= 4 is 11.6 Å². The number of benzene rings is 2. The monoisotopic (exact) mass is 311 g/mol. The minimum Gasteiger partial charge on any atom is -0.493 e. The fourth-order valence-corrected chi connectivity index (χ4v) is 1.80. The van der Waals surface area contributed by atoms with Gasteiger partial charge < -0.3 is 14.8 Å². The smallest absolute Gasteiger partial charge is 0.387 e. The van der Waals surface area contributed by atoms with Gasteiger partial charge in [0.05, 0.1) is 12.7 Å². The van der Waals surface area contributed by atoms with E-state index in [2.05, 4.69) is 10.1 Å². The Hall–Kier alpha value is -2.70. The number of ether oxygens (including phenoxy) is 2. The Morgan fingerprint density at radius 3 is 2.41 bits per heavy atom. The number of carbonyl (C=O) groups excluding carboxylic acids is 1. The van der Waals surface area contributed by atoms with Gasteiger partial charge in [0.1, 0.15) is 5.82 Å². The lowest BCUT2D eigenvalue weighted by Crippen LogP contribution is -2.15. The van der Waals surface area contributed by atoms with Crippen molar-refractivity contribution in [1.82, 2.24) is 0 Å². The van der Waals surface area contributed by atoms with Gasteiger partial charge in [0.15, 0.2) is 11.5 Å². The Morgan fingerprint density at radius 1 is 1.14 bits per heavy atom. The highest BCUT2D eigenvalue weighted by atomic mass is 19.3. The van der Waals surface area contributed by atoms with Crippen LogP contribution in [0.1, 0.15) is 10.4 Å². The van der Waals surface area contributed by atoms with Crippen LogP contribution in [0.3, 0.4) is 0 Å². The molecule has 0 aromatic heterocycles. The fraction of sp³-hybridized carbons (Fsp3) is 0.133. The SMILES string of the molecule is COc1cccc(C(=O)Nc2ccc(F)cc2)c1OC(F)F. The molecule has 0 unspecified atom stereocenters. The first-order chi connectivity index (χ1) is 10.5. The van der Waals surface area contributed by atoms with Crippen LogP contribution in [-0.4, -0.2) is 19.6 Å². The number of para-hydroxylation sites is 1. The largest absolute Gasteiger partial charge is 0.493 e. The molecular weight excluding hydrogens is 299 g/mol. The first kappa shape index (κ1) is 15.7. The molecule has 0 atom stereocenters. The summed E-state index contributed by atoms with van der Waals surface area (Å²) in [5, 5.41) is 2.46. The maximum absolute atomic E-state index is 12.8. The van der Waals surface area contributed by atoms with Gasteiger partial charge in [-0.2, -0.15) is 8.78 Å². The van der Waals surface area contributed by atoms with Gasteiger partial charge in [-0.15, -0.1) is 0 Å². The van der Waals surface area contributed by atoms with Gasteiger partial charge in [-0.25, -0.2) is 4.39 Å². The second-order valence-corrected chi connectivity index (χ2v) is 4.18. The first-order valence-electron chi connectivity index (χ1n) is 6.20. The molecule has 0 radical (unpaired) electrons. The zero-order valence-corrected chi connectivity index (χ0v) is 11.5. The number of nitrogens with one attached hydrogen (secondary N) is 1. The van der Waals surface area contributed by atoms with Crippen molar-refractivity contribution in [3.63, 3.8) is 0 Å². The van der Waals surface area contributed by atoms with Crippen molar-refractivity contribution < 1.29 is 27.4 Å². The molecule has 0 fully saturated rings. The Kier molecular flexibility index (Phi) is 4.88. The number of anilines is 1. The molecule has 0 aliphatic heterocycles. The highest BCUT2D eigenvalue weighted by Gasteiger charge is 2.20. The molecule has 116 valence electrons. The predicted octanol–water partition coefficient (Wildman–Crippen LogP) is 3.69. The second-order valence-electron chi connectivity index (χ2n) is 4.18. The molecule has 4 nitrogen and oxygen atoms in total. The summed E-state index contributed by atoms with van der Waals surface area (Å²) in [5.41, 5.74) is 0.196. The third-order valence-electron chi connectivity index (χ3n) is 2.75. The van der Waals surface area contributed by atoms with Crippen molar-refractivity contribution in [2.45, 2.75) is 6.61 Å². The number of alkyl halides is 2. The number of methoxy groups -OCH3 is 1. The van der Waals surface area contributed by atoms with E-state index in [-0.39, 0.29) is 17.1 Å². The second kappa shape index (κ2) is 6.84. The van der Waals surface area contributed by atoms with Gasteiger partial charge >= 0.3 is 6.61 Å². The van der Waals surface area contributed by atoms with Crippen LogP contribution in [0.2, 0.25) is 0 Å². The van der Waals surface area contributed by atoms with E-state index in [9.17, 15) is 18.0 Å². The van der Waals surface area contributed by atoms with Crippen molar-refractivity contribution in [2.24, 2.45) is 0 Å². The van der Waals surface area contributed by atoms with Gasteiger partial charge in [-0.05, 0) is 36.4 Å². The van der Waals surface area contributed by atoms with Crippen molar-refractivity contribution in [3.05, 3.63) is 53.8 Å². The molecule has 0 spiro atoms. The highest BCUT2D eigenvalue weighted by molar-refractivity contribution is 6.06. The predicted molar refractivity (Wildman–Crippen MR) is 74.0 cm³/mol. The first-order valence-corrected chi connectivity index (χ1v) is 6.20. The summed E-state index contributed by atoms with van der Waals surface area (Å²) in [6, 6.07) is 9.21. The number of carbonyl (C=O) groups is 1. The summed E-state index contributed by atoms with van der Waals surface area (Å²) < 4.78 is 47.1. The third kappa shape index (κ3) is 3.69. The van der Waals surface area contributed by atoms with Crippen LogP contribution in [0.15, 0.2) is 42.5 Å². The van der Waals surface area contributed by atoms with E-state index in [0.29, 0.717) is 5.69 Å². The Morgan fingerprint density at radius 2 is 1.82 bits per heavy atom. The normalized spacial score (nSPS) is 10.4. The minimum absolute atomic E-state index is 0.00653. The number of amides is 1. The molecule has 0 heterocycles. The van der Waals surface area contributed by atoms with Crippen molar-refractivity contribution in [2.75, 3.05) is 12.4 Å². The number of hydrogen-bond acceptors (Lipinski definition) is 3. The van der Waals surface area contributed by atoms with Crippen LogP contribution in [0.4, 0.5) is 18.9 Å². The molecule has 2 rings (SSSR count). The molecule has 22 heavy (non-hydrogen) atoms. The van der Waals surface area contributed by atoms with Crippen LogP contribution in [0.25, 0.3) is 0 Å². The average molecular weight is 311 g/mol. The summed E-state index contributed by atoms with van der Waals surface area (Å²) in [6.45, 7) is -3.10. The summed E-state index contributed by atoms with van der Waals surface area (Å²) in [4.78, 5) is 12.2. The maximum atomic E-state index is 12.8. The van der Waals surface area contributed by atoms with Gasteiger partial charge in [0.2, 0.25) is 0 Å². The van der Waals surface area contributed by atoms with Gasteiger partial charge in [0.25, 0.3) is 5.91 Å². The van der Waals surface area contributed by atoms with E-state index in [1.54, 1.807) is 0 Å². The van der Waals surface area contributed by atoms with Crippen LogP contribution >= 0.6 is 0 Å². The topological polar surface area (TPSA) is 47.6 Å². The van der Waals surface area contributed by atoms with E-state index in [1.807, 2.05) is 0 Å². The molecule has 1 N–H and O–H groups in total. The summed E-state index contributed by atoms with van der Waals surface area (Å²) >= 11 is 0. The molecule has 2 aromatic rings. The maximum Gasteiger partial charge on any atom is 0.387 e. The Labute approximate surface area is 124 Å². The molecule has 0 aliphatic rings. The molecular formula is C15H12F3NO3. The lowest BCUT2D eigenvalue weighted by Gasteiger charge is -2.14.